The number of nitrogens with one attached hydrogen (secondary N) is 1. The largest absolute Gasteiger partial charge is 0.377 e. The lowest BCUT2D eigenvalue weighted by Crippen LogP contribution is -2.02. The van der Waals surface area contributed by atoms with Gasteiger partial charge in [-0.15, -0.1) is 0 Å². The molecule has 1 N–H and O–H groups in total. The molecule has 0 spiro atoms. The van der Waals surface area contributed by atoms with Gasteiger partial charge in [0.05, 0.1) is 22.9 Å². The maximum absolute atomic E-state index is 13.5. The number of benzene rings is 1. The second-order valence-corrected chi connectivity index (χ2v) is 3.68. The summed E-state index contributed by atoms with van der Waals surface area (Å²) >= 11 is 5.66. The van der Waals surface area contributed by atoms with Crippen molar-refractivity contribution in [3.05, 3.63) is 59.1 Å². The maximum Gasteiger partial charge on any atom is 0.164 e. The monoisotopic (exact) mass is 236 g/mol. The van der Waals surface area contributed by atoms with Crippen LogP contribution in [0.2, 0.25) is 5.02 Å². The van der Waals surface area contributed by atoms with Crippen LogP contribution in [0.4, 0.5) is 10.1 Å². The third-order valence-corrected chi connectivity index (χ3v) is 2.43. The van der Waals surface area contributed by atoms with E-state index < -0.39 is 5.82 Å². The SMILES string of the molecule is Fc1c(Cl)cccc1NCc1ccccn1. The molecule has 82 valence electrons. The Morgan fingerprint density at radius 3 is 2.81 bits per heavy atom. The van der Waals surface area contributed by atoms with Gasteiger partial charge in [0.25, 0.3) is 0 Å². The molecule has 16 heavy (non-hydrogen) atoms. The molecule has 2 nitrogen and oxygen atoms in total. The van der Waals surface area contributed by atoms with Gasteiger partial charge in [-0.2, -0.15) is 0 Å². The molecular formula is C12H10ClFN2. The first kappa shape index (κ1) is 10.9. The van der Waals surface area contributed by atoms with Crippen LogP contribution in [0.5, 0.6) is 0 Å². The fourth-order valence-corrected chi connectivity index (χ4v) is 1.50. The molecule has 0 radical (unpaired) electrons. The van der Waals surface area contributed by atoms with Crippen molar-refractivity contribution >= 4 is 17.3 Å². The van der Waals surface area contributed by atoms with Crippen molar-refractivity contribution in [3.63, 3.8) is 0 Å². The van der Waals surface area contributed by atoms with Crippen molar-refractivity contribution in [2.45, 2.75) is 6.54 Å². The Bertz CT molecular complexity index is 474. The van der Waals surface area contributed by atoms with E-state index >= 15 is 0 Å². The van der Waals surface area contributed by atoms with Crippen LogP contribution in [0.1, 0.15) is 5.69 Å². The Balaban J connectivity index is 2.08. The molecule has 1 aromatic carbocycles. The lowest BCUT2D eigenvalue weighted by molar-refractivity contribution is 0.630. The van der Waals surface area contributed by atoms with Gasteiger partial charge in [0.2, 0.25) is 0 Å². The summed E-state index contributed by atoms with van der Waals surface area (Å²) in [5.41, 5.74) is 1.24. The number of hydrogen-bond donors (Lipinski definition) is 1. The van der Waals surface area contributed by atoms with Gasteiger partial charge in [-0.05, 0) is 24.3 Å². The Morgan fingerprint density at radius 1 is 1.19 bits per heavy atom. The number of halogens is 2. The molecule has 2 aromatic rings. The molecule has 0 aliphatic heterocycles. The second-order valence-electron chi connectivity index (χ2n) is 3.28. The number of hydrogen-bond acceptors (Lipinski definition) is 2. The predicted octanol–water partition coefficient (Wildman–Crippen LogP) is 3.49. The molecule has 2 rings (SSSR count). The first-order chi connectivity index (χ1) is 7.77. The summed E-state index contributed by atoms with van der Waals surface area (Å²) in [6.45, 7) is 0.470. The summed E-state index contributed by atoms with van der Waals surface area (Å²) in [6.07, 6.45) is 1.70. The molecule has 4 heteroatoms. The van der Waals surface area contributed by atoms with Gasteiger partial charge in [-0.25, -0.2) is 4.39 Å². The zero-order chi connectivity index (χ0) is 11.4. The lowest BCUT2D eigenvalue weighted by atomic mass is 10.3. The Morgan fingerprint density at radius 2 is 2.06 bits per heavy atom. The van der Waals surface area contributed by atoms with Gasteiger partial charge in [0.15, 0.2) is 5.82 Å². The topological polar surface area (TPSA) is 24.9 Å². The molecule has 0 bridgehead atoms. The van der Waals surface area contributed by atoms with E-state index in [0.29, 0.717) is 12.2 Å². The molecule has 1 heterocycles. The van der Waals surface area contributed by atoms with Crippen LogP contribution in [0.15, 0.2) is 42.6 Å². The second kappa shape index (κ2) is 4.94. The molecule has 0 aliphatic rings. The van der Waals surface area contributed by atoms with Crippen molar-refractivity contribution in [2.75, 3.05) is 5.32 Å². The first-order valence-electron chi connectivity index (χ1n) is 4.85. The predicted molar refractivity (Wildman–Crippen MR) is 63.0 cm³/mol. The number of aromatic nitrogens is 1. The van der Waals surface area contributed by atoms with Crippen LogP contribution in [-0.4, -0.2) is 4.98 Å². The normalized spacial score (nSPS) is 10.1. The minimum atomic E-state index is -0.430. The minimum absolute atomic E-state index is 0.117. The van der Waals surface area contributed by atoms with E-state index in [1.807, 2.05) is 18.2 Å². The Hall–Kier alpha value is -1.61. The quantitative estimate of drug-likeness (QED) is 0.883. The lowest BCUT2D eigenvalue weighted by Gasteiger charge is -2.07. The van der Waals surface area contributed by atoms with E-state index in [2.05, 4.69) is 10.3 Å². The maximum atomic E-state index is 13.5. The molecular weight excluding hydrogens is 227 g/mol. The highest BCUT2D eigenvalue weighted by Crippen LogP contribution is 2.22. The van der Waals surface area contributed by atoms with E-state index in [0.717, 1.165) is 5.69 Å². The molecule has 1 aromatic heterocycles. The molecule has 0 atom stereocenters. The summed E-state index contributed by atoms with van der Waals surface area (Å²) in [5.74, 6) is -0.430. The van der Waals surface area contributed by atoms with Gasteiger partial charge < -0.3 is 5.32 Å². The van der Waals surface area contributed by atoms with Gasteiger partial charge in [-0.1, -0.05) is 23.7 Å². The van der Waals surface area contributed by atoms with Crippen LogP contribution in [-0.2, 0) is 6.54 Å². The van der Waals surface area contributed by atoms with Crippen molar-refractivity contribution in [3.8, 4) is 0 Å². The van der Waals surface area contributed by atoms with Crippen LogP contribution in [0, 0.1) is 5.82 Å². The van der Waals surface area contributed by atoms with Crippen molar-refractivity contribution in [1.29, 1.82) is 0 Å². The standard InChI is InChI=1S/C12H10ClFN2/c13-10-5-3-6-11(12(10)14)16-8-9-4-1-2-7-15-9/h1-7,16H,8H2. The Labute approximate surface area is 98.1 Å². The summed E-state index contributed by atoms with van der Waals surface area (Å²) in [7, 11) is 0. The highest BCUT2D eigenvalue weighted by atomic mass is 35.5. The van der Waals surface area contributed by atoms with Crippen molar-refractivity contribution in [2.24, 2.45) is 0 Å². The van der Waals surface area contributed by atoms with Gasteiger partial charge in [0.1, 0.15) is 0 Å². The van der Waals surface area contributed by atoms with Crippen LogP contribution >= 0.6 is 11.6 Å². The van der Waals surface area contributed by atoms with E-state index in [-0.39, 0.29) is 5.02 Å². The van der Waals surface area contributed by atoms with Crippen molar-refractivity contribution in [1.82, 2.24) is 4.98 Å². The summed E-state index contributed by atoms with van der Waals surface area (Å²) in [6, 6.07) is 10.5. The van der Waals surface area contributed by atoms with E-state index in [1.165, 1.54) is 6.07 Å². The van der Waals surface area contributed by atoms with Gasteiger partial charge in [-0.3, -0.25) is 4.98 Å². The molecule has 0 saturated heterocycles. The first-order valence-corrected chi connectivity index (χ1v) is 5.23. The smallest absolute Gasteiger partial charge is 0.164 e. The van der Waals surface area contributed by atoms with Crippen LogP contribution < -0.4 is 5.32 Å². The zero-order valence-corrected chi connectivity index (χ0v) is 9.21. The van der Waals surface area contributed by atoms with E-state index in [9.17, 15) is 4.39 Å². The number of nitrogens with zero attached hydrogens (tertiary/aromatic N) is 1. The average Bonchev–Trinajstić information content (AvgIpc) is 2.32. The average molecular weight is 237 g/mol. The zero-order valence-electron chi connectivity index (χ0n) is 8.45. The third-order valence-electron chi connectivity index (χ3n) is 2.14. The highest BCUT2D eigenvalue weighted by Gasteiger charge is 2.05. The van der Waals surface area contributed by atoms with Crippen molar-refractivity contribution < 1.29 is 4.39 Å². The van der Waals surface area contributed by atoms with Crippen LogP contribution in [0.25, 0.3) is 0 Å². The third kappa shape index (κ3) is 2.49. The molecule has 0 unspecified atom stereocenters. The number of rotatable bonds is 3. The Kier molecular flexibility index (Phi) is 3.37. The minimum Gasteiger partial charge on any atom is -0.377 e. The van der Waals surface area contributed by atoms with Gasteiger partial charge in [0, 0.05) is 6.20 Å². The molecule has 0 saturated carbocycles. The van der Waals surface area contributed by atoms with E-state index in [4.69, 9.17) is 11.6 Å². The highest BCUT2D eigenvalue weighted by molar-refractivity contribution is 6.31. The van der Waals surface area contributed by atoms with Gasteiger partial charge >= 0.3 is 0 Å². The number of pyridine rings is 1. The number of anilines is 1. The summed E-state index contributed by atoms with van der Waals surface area (Å²) in [4.78, 5) is 4.13. The molecule has 0 aliphatic carbocycles. The fraction of sp³-hybridized carbons (Fsp3) is 0.0833. The molecule has 0 fully saturated rings. The van der Waals surface area contributed by atoms with E-state index in [1.54, 1.807) is 18.3 Å². The molecule has 0 amide bonds. The fourth-order valence-electron chi connectivity index (χ4n) is 1.33. The summed E-state index contributed by atoms with van der Waals surface area (Å²) < 4.78 is 13.5. The summed E-state index contributed by atoms with van der Waals surface area (Å²) in [5, 5.41) is 3.06. The van der Waals surface area contributed by atoms with Crippen LogP contribution in [0.3, 0.4) is 0 Å².